The van der Waals surface area contributed by atoms with Crippen LogP contribution in [0.1, 0.15) is 28.3 Å². The minimum absolute atomic E-state index is 0.0912. The van der Waals surface area contributed by atoms with E-state index in [0.29, 0.717) is 25.3 Å². The molecule has 0 saturated heterocycles. The van der Waals surface area contributed by atoms with Crippen molar-refractivity contribution in [3.05, 3.63) is 59.8 Å². The molecule has 4 rings (SSSR count). The van der Waals surface area contributed by atoms with Crippen LogP contribution in [0, 0.1) is 12.8 Å². The molecule has 1 atom stereocenters. The molecule has 2 aromatic heterocycles. The van der Waals surface area contributed by atoms with Gasteiger partial charge in [0.1, 0.15) is 12.1 Å². The molecule has 1 aliphatic rings. The molecule has 0 saturated carbocycles. The van der Waals surface area contributed by atoms with Crippen molar-refractivity contribution in [3.8, 4) is 0 Å². The first-order chi connectivity index (χ1) is 13.6. The number of benzene rings is 1. The van der Waals surface area contributed by atoms with Crippen molar-refractivity contribution in [1.82, 2.24) is 29.9 Å². The van der Waals surface area contributed by atoms with Gasteiger partial charge in [-0.15, -0.1) is 5.10 Å². The van der Waals surface area contributed by atoms with Crippen molar-refractivity contribution in [2.45, 2.75) is 26.4 Å². The van der Waals surface area contributed by atoms with Crippen molar-refractivity contribution in [1.29, 1.82) is 0 Å². The van der Waals surface area contributed by atoms with Crippen molar-refractivity contribution in [2.24, 2.45) is 5.92 Å². The summed E-state index contributed by atoms with van der Waals surface area (Å²) in [5, 5.41) is 14.2. The van der Waals surface area contributed by atoms with E-state index >= 15 is 0 Å². The van der Waals surface area contributed by atoms with Gasteiger partial charge in [0.2, 0.25) is 11.7 Å². The van der Waals surface area contributed by atoms with Gasteiger partial charge in [0.15, 0.2) is 0 Å². The first kappa shape index (κ1) is 17.9. The highest BCUT2D eigenvalue weighted by Gasteiger charge is 2.25. The number of aromatic nitrogens is 5. The van der Waals surface area contributed by atoms with Crippen LogP contribution in [0.25, 0.3) is 0 Å². The lowest BCUT2D eigenvalue weighted by atomic mass is 10.1. The molecule has 28 heavy (non-hydrogen) atoms. The van der Waals surface area contributed by atoms with E-state index in [0.717, 1.165) is 11.3 Å². The van der Waals surface area contributed by atoms with E-state index < -0.39 is 5.91 Å². The fourth-order valence-corrected chi connectivity index (χ4v) is 3.19. The third kappa shape index (κ3) is 3.93. The Labute approximate surface area is 161 Å². The first-order valence-electron chi connectivity index (χ1n) is 9.15. The molecule has 1 aromatic carbocycles. The lowest BCUT2D eigenvalue weighted by Gasteiger charge is -2.12. The number of hydrogen-bond donors (Lipinski definition) is 2. The number of nitrogens with one attached hydrogen (secondary N) is 2. The van der Waals surface area contributed by atoms with Crippen molar-refractivity contribution in [2.75, 3.05) is 11.9 Å². The third-order valence-electron chi connectivity index (χ3n) is 4.65. The maximum absolute atomic E-state index is 12.4. The van der Waals surface area contributed by atoms with E-state index in [1.54, 1.807) is 9.36 Å². The van der Waals surface area contributed by atoms with Crippen LogP contribution in [0.3, 0.4) is 0 Å². The largest absolute Gasteiger partial charge is 0.348 e. The fourth-order valence-electron chi connectivity index (χ4n) is 3.19. The van der Waals surface area contributed by atoms with Gasteiger partial charge < -0.3 is 10.6 Å². The molecule has 9 nitrogen and oxygen atoms in total. The fraction of sp³-hybridized carbons (Fsp3) is 0.316. The van der Waals surface area contributed by atoms with E-state index in [1.165, 1.54) is 6.33 Å². The predicted molar refractivity (Wildman–Crippen MR) is 102 cm³/mol. The SMILES string of the molecule is Cc1cc2n(n1)CC[C@@H](CNC(=O)c1ncn(Cc3ccccc3)n1)C(=O)N2. The zero-order chi connectivity index (χ0) is 19.5. The number of amides is 2. The van der Waals surface area contributed by atoms with Gasteiger partial charge in [0.05, 0.1) is 18.2 Å². The number of carbonyl (C=O) groups is 2. The number of aryl methyl sites for hydroxylation is 2. The number of carbonyl (C=O) groups excluding carboxylic acids is 2. The second-order valence-electron chi connectivity index (χ2n) is 6.83. The average Bonchev–Trinajstić information content (AvgIpc) is 3.25. The highest BCUT2D eigenvalue weighted by Crippen LogP contribution is 2.19. The summed E-state index contributed by atoms with van der Waals surface area (Å²) in [5.41, 5.74) is 1.93. The van der Waals surface area contributed by atoms with Gasteiger partial charge in [-0.25, -0.2) is 14.3 Å². The monoisotopic (exact) mass is 379 g/mol. The highest BCUT2D eigenvalue weighted by molar-refractivity contribution is 5.94. The Morgan fingerprint density at radius 3 is 2.93 bits per heavy atom. The molecule has 0 aliphatic carbocycles. The number of anilines is 1. The topological polar surface area (TPSA) is 107 Å². The lowest BCUT2D eigenvalue weighted by molar-refractivity contribution is -0.119. The molecule has 2 N–H and O–H groups in total. The Balaban J connectivity index is 1.33. The summed E-state index contributed by atoms with van der Waals surface area (Å²) in [6, 6.07) is 11.6. The van der Waals surface area contributed by atoms with Crippen molar-refractivity contribution >= 4 is 17.6 Å². The highest BCUT2D eigenvalue weighted by atomic mass is 16.2. The smallest absolute Gasteiger partial charge is 0.290 e. The molecule has 144 valence electrons. The molecular formula is C19H21N7O2. The van der Waals surface area contributed by atoms with E-state index in [2.05, 4.69) is 25.8 Å². The van der Waals surface area contributed by atoms with E-state index in [1.807, 2.05) is 43.3 Å². The second kappa shape index (κ2) is 7.63. The maximum atomic E-state index is 12.4. The summed E-state index contributed by atoms with van der Waals surface area (Å²) in [6.45, 7) is 3.26. The standard InChI is InChI=1S/C19H21N7O2/c1-13-9-16-22-18(27)15(7-8-26(16)23-13)10-20-19(28)17-21-12-25(24-17)11-14-5-3-2-4-6-14/h2-6,9,12,15H,7-8,10-11H2,1H3,(H,20,28)(H,22,27)/t15-/m0/s1. The third-order valence-corrected chi connectivity index (χ3v) is 4.65. The quantitative estimate of drug-likeness (QED) is 0.693. The molecule has 0 unspecified atom stereocenters. The van der Waals surface area contributed by atoms with Crippen molar-refractivity contribution < 1.29 is 9.59 Å². The van der Waals surface area contributed by atoms with Gasteiger partial charge in [-0.2, -0.15) is 5.10 Å². The molecule has 3 aromatic rings. The van der Waals surface area contributed by atoms with Crippen LogP contribution >= 0.6 is 0 Å². The van der Waals surface area contributed by atoms with Gasteiger partial charge in [0.25, 0.3) is 5.91 Å². The van der Waals surface area contributed by atoms with Crippen LogP contribution < -0.4 is 10.6 Å². The summed E-state index contributed by atoms with van der Waals surface area (Å²) in [4.78, 5) is 28.8. The molecule has 0 spiro atoms. The summed E-state index contributed by atoms with van der Waals surface area (Å²) >= 11 is 0. The van der Waals surface area contributed by atoms with E-state index in [-0.39, 0.29) is 24.2 Å². The van der Waals surface area contributed by atoms with Crippen LogP contribution in [0.4, 0.5) is 5.82 Å². The van der Waals surface area contributed by atoms with Crippen LogP contribution in [0.5, 0.6) is 0 Å². The van der Waals surface area contributed by atoms with Gasteiger partial charge in [-0.3, -0.25) is 9.59 Å². The first-order valence-corrected chi connectivity index (χ1v) is 9.15. The van der Waals surface area contributed by atoms with Crippen LogP contribution in [0.2, 0.25) is 0 Å². The Bertz CT molecular complexity index is 993. The number of hydrogen-bond acceptors (Lipinski definition) is 5. The Hall–Kier alpha value is -3.49. The Morgan fingerprint density at radius 2 is 2.11 bits per heavy atom. The van der Waals surface area contributed by atoms with E-state index in [9.17, 15) is 9.59 Å². The Kier molecular flexibility index (Phi) is 4.88. The molecule has 1 aliphatic heterocycles. The van der Waals surface area contributed by atoms with Crippen LogP contribution in [-0.4, -0.2) is 42.9 Å². The number of rotatable bonds is 5. The normalized spacial score (nSPS) is 16.2. The zero-order valence-electron chi connectivity index (χ0n) is 15.5. The van der Waals surface area contributed by atoms with Crippen molar-refractivity contribution in [3.63, 3.8) is 0 Å². The summed E-state index contributed by atoms with van der Waals surface area (Å²) in [7, 11) is 0. The summed E-state index contributed by atoms with van der Waals surface area (Å²) in [6.07, 6.45) is 2.12. The molecule has 0 fully saturated rings. The van der Waals surface area contributed by atoms with Crippen LogP contribution in [-0.2, 0) is 17.9 Å². The molecule has 9 heteroatoms. The average molecular weight is 379 g/mol. The predicted octanol–water partition coefficient (Wildman–Crippen LogP) is 1.22. The van der Waals surface area contributed by atoms with Gasteiger partial charge in [-0.05, 0) is 18.9 Å². The summed E-state index contributed by atoms with van der Waals surface area (Å²) in [5.74, 6) is -0.0671. The maximum Gasteiger partial charge on any atom is 0.290 e. The summed E-state index contributed by atoms with van der Waals surface area (Å²) < 4.78 is 3.39. The zero-order valence-corrected chi connectivity index (χ0v) is 15.5. The minimum Gasteiger partial charge on any atom is -0.348 e. The molecule has 0 radical (unpaired) electrons. The molecule has 3 heterocycles. The molecule has 2 amide bonds. The molecule has 0 bridgehead atoms. The van der Waals surface area contributed by atoms with Gasteiger partial charge >= 0.3 is 0 Å². The van der Waals surface area contributed by atoms with Crippen LogP contribution in [0.15, 0.2) is 42.7 Å². The Morgan fingerprint density at radius 1 is 1.29 bits per heavy atom. The lowest BCUT2D eigenvalue weighted by Crippen LogP contribution is -2.35. The molecular weight excluding hydrogens is 358 g/mol. The second-order valence-corrected chi connectivity index (χ2v) is 6.83. The number of fused-ring (bicyclic) bond motifs is 1. The van der Waals surface area contributed by atoms with Gasteiger partial charge in [0, 0.05) is 19.2 Å². The van der Waals surface area contributed by atoms with Gasteiger partial charge in [-0.1, -0.05) is 30.3 Å². The number of nitrogens with zero attached hydrogens (tertiary/aromatic N) is 5. The van der Waals surface area contributed by atoms with E-state index in [4.69, 9.17) is 0 Å². The minimum atomic E-state index is -0.391.